The van der Waals surface area contributed by atoms with Crippen LogP contribution in [0.1, 0.15) is 16.7 Å². The van der Waals surface area contributed by atoms with Crippen molar-refractivity contribution in [2.45, 2.75) is 13.5 Å². The molecule has 4 rings (SSSR count). The van der Waals surface area contributed by atoms with Crippen LogP contribution in [0.3, 0.4) is 0 Å². The summed E-state index contributed by atoms with van der Waals surface area (Å²) < 4.78 is 1.99. The largest absolute Gasteiger partial charge is 0.355 e. The van der Waals surface area contributed by atoms with Gasteiger partial charge in [0.2, 0.25) is 0 Å². The molecule has 3 heterocycles. The van der Waals surface area contributed by atoms with Crippen molar-refractivity contribution in [3.8, 4) is 0 Å². The minimum absolute atomic E-state index is 0.213. The molecule has 0 unspecified atom stereocenters. The Kier molecular flexibility index (Phi) is 5.44. The number of thiocarbonyl (C=S) groups is 1. The number of amides is 1. The Morgan fingerprint density at radius 3 is 2.57 bits per heavy atom. The van der Waals surface area contributed by atoms with E-state index in [2.05, 4.69) is 0 Å². The molecular weight excluding hydrogens is 416 g/mol. The Bertz CT molecular complexity index is 1250. The maximum Gasteiger partial charge on any atom is 0.267 e. The Labute approximate surface area is 183 Å². The zero-order chi connectivity index (χ0) is 21.4. The molecule has 1 aliphatic rings. The molecule has 1 aromatic carbocycles. The third-order valence-corrected chi connectivity index (χ3v) is 6.44. The van der Waals surface area contributed by atoms with E-state index in [1.807, 2.05) is 61.3 Å². The lowest BCUT2D eigenvalue weighted by Gasteiger charge is -2.21. The van der Waals surface area contributed by atoms with Gasteiger partial charge < -0.3 is 4.90 Å². The predicted octanol–water partition coefficient (Wildman–Crippen LogP) is 3.47. The molecule has 0 spiro atoms. The van der Waals surface area contributed by atoms with E-state index < -0.39 is 0 Å². The van der Waals surface area contributed by atoms with Gasteiger partial charge in [-0.1, -0.05) is 60.4 Å². The number of aryl methyl sites for hydroxylation is 1. The van der Waals surface area contributed by atoms with Gasteiger partial charge in [0, 0.05) is 26.8 Å². The molecular formula is C22H20N4O2S2. The number of benzene rings is 1. The molecule has 1 fully saturated rings. The summed E-state index contributed by atoms with van der Waals surface area (Å²) in [6, 6.07) is 13.7. The second-order valence-corrected chi connectivity index (χ2v) is 8.80. The topological polar surface area (TPSA) is 57.9 Å². The second kappa shape index (κ2) is 8.04. The van der Waals surface area contributed by atoms with E-state index in [0.717, 1.165) is 11.1 Å². The Morgan fingerprint density at radius 2 is 1.90 bits per heavy atom. The Balaban J connectivity index is 1.90. The van der Waals surface area contributed by atoms with Gasteiger partial charge in [0.25, 0.3) is 11.5 Å². The van der Waals surface area contributed by atoms with Crippen molar-refractivity contribution >= 4 is 51.7 Å². The predicted molar refractivity (Wildman–Crippen MR) is 126 cm³/mol. The third kappa shape index (κ3) is 3.64. The van der Waals surface area contributed by atoms with E-state index in [4.69, 9.17) is 17.2 Å². The van der Waals surface area contributed by atoms with Crippen LogP contribution in [0.5, 0.6) is 0 Å². The standard InChI is InChI=1S/C22H20N4O2S2/c1-14-8-7-11-26-18(14)23-19(24(2)13-15-9-5-4-6-10-15)16(20(26)27)12-17-21(28)25(3)22(29)30-17/h4-12H,13H2,1-3H3. The Hall–Kier alpha value is -2.97. The molecule has 1 amide bonds. The first-order valence-electron chi connectivity index (χ1n) is 9.35. The Morgan fingerprint density at radius 1 is 1.17 bits per heavy atom. The van der Waals surface area contributed by atoms with Gasteiger partial charge in [0.1, 0.15) is 15.8 Å². The number of hydrogen-bond donors (Lipinski definition) is 0. The summed E-state index contributed by atoms with van der Waals surface area (Å²) in [5.74, 6) is 0.315. The average molecular weight is 437 g/mol. The van der Waals surface area contributed by atoms with Crippen LogP contribution in [0.25, 0.3) is 11.7 Å². The van der Waals surface area contributed by atoms with E-state index in [-0.39, 0.29) is 11.5 Å². The van der Waals surface area contributed by atoms with Crippen LogP contribution in [-0.2, 0) is 11.3 Å². The molecule has 0 atom stereocenters. The normalized spacial score (nSPS) is 15.4. The van der Waals surface area contributed by atoms with Crippen LogP contribution in [0, 0.1) is 6.92 Å². The molecule has 0 bridgehead atoms. The molecule has 3 aromatic rings. The zero-order valence-corrected chi connectivity index (χ0v) is 18.5. The van der Waals surface area contributed by atoms with Crippen molar-refractivity contribution in [3.63, 3.8) is 0 Å². The quantitative estimate of drug-likeness (QED) is 0.461. The van der Waals surface area contributed by atoms with Crippen molar-refractivity contribution in [2.24, 2.45) is 0 Å². The summed E-state index contributed by atoms with van der Waals surface area (Å²) in [7, 11) is 3.53. The highest BCUT2D eigenvalue weighted by Gasteiger charge is 2.30. The summed E-state index contributed by atoms with van der Waals surface area (Å²) in [6.45, 7) is 2.50. The first kappa shape index (κ1) is 20.3. The summed E-state index contributed by atoms with van der Waals surface area (Å²) >= 11 is 6.42. The van der Waals surface area contributed by atoms with Crippen LogP contribution in [0.4, 0.5) is 5.82 Å². The van der Waals surface area contributed by atoms with Gasteiger partial charge >= 0.3 is 0 Å². The highest BCUT2D eigenvalue weighted by molar-refractivity contribution is 8.26. The third-order valence-electron chi connectivity index (χ3n) is 4.95. The maximum atomic E-state index is 13.4. The van der Waals surface area contributed by atoms with E-state index in [0.29, 0.717) is 32.8 Å². The molecule has 0 N–H and O–H groups in total. The highest BCUT2D eigenvalue weighted by Crippen LogP contribution is 2.32. The number of hydrogen-bond acceptors (Lipinski definition) is 6. The minimum Gasteiger partial charge on any atom is -0.355 e. The molecule has 0 saturated carbocycles. The van der Waals surface area contributed by atoms with Crippen LogP contribution >= 0.6 is 24.0 Å². The first-order chi connectivity index (χ1) is 14.4. The van der Waals surface area contributed by atoms with Gasteiger partial charge in [0.05, 0.1) is 10.5 Å². The monoisotopic (exact) mass is 436 g/mol. The summed E-state index contributed by atoms with van der Waals surface area (Å²) in [5, 5.41) is 0. The number of fused-ring (bicyclic) bond motifs is 1. The molecule has 2 aromatic heterocycles. The summed E-state index contributed by atoms with van der Waals surface area (Å²) in [6.07, 6.45) is 3.31. The SMILES string of the molecule is Cc1cccn2c(=O)c(C=C3SC(=S)N(C)C3=O)c(N(C)Cc3ccccc3)nc12. The fourth-order valence-corrected chi connectivity index (χ4v) is 4.49. The van der Waals surface area contributed by atoms with Crippen molar-refractivity contribution in [2.75, 3.05) is 19.0 Å². The molecule has 6 nitrogen and oxygen atoms in total. The maximum absolute atomic E-state index is 13.4. The summed E-state index contributed by atoms with van der Waals surface area (Å²) in [4.78, 5) is 34.5. The smallest absolute Gasteiger partial charge is 0.267 e. The van der Waals surface area contributed by atoms with E-state index >= 15 is 0 Å². The number of pyridine rings is 1. The lowest BCUT2D eigenvalue weighted by Crippen LogP contribution is -2.27. The fourth-order valence-electron chi connectivity index (χ4n) is 3.33. The first-order valence-corrected chi connectivity index (χ1v) is 10.6. The zero-order valence-electron chi connectivity index (χ0n) is 16.8. The van der Waals surface area contributed by atoms with Crippen LogP contribution in [-0.4, -0.2) is 38.6 Å². The molecule has 30 heavy (non-hydrogen) atoms. The average Bonchev–Trinajstić information content (AvgIpc) is 2.97. The molecule has 1 saturated heterocycles. The van der Waals surface area contributed by atoms with Gasteiger partial charge in [-0.3, -0.25) is 18.9 Å². The van der Waals surface area contributed by atoms with Gasteiger partial charge in [0.15, 0.2) is 0 Å². The number of likely N-dealkylation sites (N-methyl/N-ethyl adjacent to an activating group) is 1. The molecule has 0 aliphatic carbocycles. The van der Waals surface area contributed by atoms with Crippen molar-refractivity contribution < 1.29 is 4.79 Å². The van der Waals surface area contributed by atoms with E-state index in [9.17, 15) is 9.59 Å². The number of carbonyl (C=O) groups excluding carboxylic acids is 1. The van der Waals surface area contributed by atoms with Gasteiger partial charge in [-0.15, -0.1) is 0 Å². The minimum atomic E-state index is -0.222. The van der Waals surface area contributed by atoms with Crippen molar-refractivity contribution in [3.05, 3.63) is 80.6 Å². The number of nitrogens with zero attached hydrogens (tertiary/aromatic N) is 4. The van der Waals surface area contributed by atoms with Gasteiger partial charge in [-0.2, -0.15) is 0 Å². The van der Waals surface area contributed by atoms with E-state index in [1.54, 1.807) is 19.3 Å². The van der Waals surface area contributed by atoms with Gasteiger partial charge in [-0.25, -0.2) is 4.98 Å². The molecule has 1 aliphatic heterocycles. The number of carbonyl (C=O) groups is 1. The highest BCUT2D eigenvalue weighted by atomic mass is 32.2. The number of rotatable bonds is 4. The molecule has 0 radical (unpaired) electrons. The fraction of sp³-hybridized carbons (Fsp3) is 0.182. The van der Waals surface area contributed by atoms with Crippen LogP contribution in [0.15, 0.2) is 58.4 Å². The summed E-state index contributed by atoms with van der Waals surface area (Å²) in [5.41, 5.74) is 2.73. The number of aromatic nitrogens is 2. The van der Waals surface area contributed by atoms with Crippen molar-refractivity contribution in [1.82, 2.24) is 14.3 Å². The van der Waals surface area contributed by atoms with Gasteiger partial charge in [-0.05, 0) is 30.2 Å². The lowest BCUT2D eigenvalue weighted by atomic mass is 10.2. The van der Waals surface area contributed by atoms with E-state index in [1.165, 1.54) is 21.1 Å². The number of thioether (sulfide) groups is 1. The second-order valence-electron chi connectivity index (χ2n) is 7.12. The number of anilines is 1. The van der Waals surface area contributed by atoms with Crippen molar-refractivity contribution in [1.29, 1.82) is 0 Å². The lowest BCUT2D eigenvalue weighted by molar-refractivity contribution is -0.121. The molecule has 152 valence electrons. The van der Waals surface area contributed by atoms with Crippen LogP contribution < -0.4 is 10.5 Å². The van der Waals surface area contributed by atoms with Crippen LogP contribution in [0.2, 0.25) is 0 Å². The molecule has 8 heteroatoms.